The first-order chi connectivity index (χ1) is 11.8. The van der Waals surface area contributed by atoms with Gasteiger partial charge in [0, 0.05) is 18.0 Å². The molecule has 0 saturated heterocycles. The zero-order chi connectivity index (χ0) is 16.5. The highest BCUT2D eigenvalue weighted by Crippen LogP contribution is 2.31. The third-order valence-corrected chi connectivity index (χ3v) is 4.15. The maximum atomic E-state index is 8.98. The Morgan fingerprint density at radius 2 is 1.75 bits per heavy atom. The van der Waals surface area contributed by atoms with Crippen molar-refractivity contribution in [2.24, 2.45) is 0 Å². The van der Waals surface area contributed by atoms with Gasteiger partial charge in [-0.15, -0.1) is 0 Å². The predicted octanol–water partition coefficient (Wildman–Crippen LogP) is 4.24. The van der Waals surface area contributed by atoms with Crippen molar-refractivity contribution < 1.29 is 0 Å². The van der Waals surface area contributed by atoms with Crippen LogP contribution in [0, 0.1) is 18.3 Å². The number of fused-ring (bicyclic) bond motifs is 1. The highest BCUT2D eigenvalue weighted by molar-refractivity contribution is 5.77. The molecule has 114 valence electrons. The van der Waals surface area contributed by atoms with E-state index in [2.05, 4.69) is 47.2 Å². The molecule has 0 atom stereocenters. The Morgan fingerprint density at radius 1 is 0.958 bits per heavy atom. The van der Waals surface area contributed by atoms with Crippen molar-refractivity contribution in [3.05, 3.63) is 78.4 Å². The molecule has 2 aromatic carbocycles. The number of hydrogen-bond donors (Lipinski definition) is 0. The maximum absolute atomic E-state index is 8.98. The molecule has 0 N–H and O–H groups in total. The second-order valence-electron chi connectivity index (χ2n) is 5.62. The van der Waals surface area contributed by atoms with Crippen LogP contribution in [0.5, 0.6) is 0 Å². The molecule has 0 bridgehead atoms. The summed E-state index contributed by atoms with van der Waals surface area (Å²) >= 11 is 0. The number of imidazole rings is 1. The fourth-order valence-electron chi connectivity index (χ4n) is 2.93. The largest absolute Gasteiger partial charge is 0.302 e. The lowest BCUT2D eigenvalue weighted by Crippen LogP contribution is -1.88. The molecule has 24 heavy (non-hydrogen) atoms. The molecule has 4 heteroatoms. The molecule has 0 aliphatic carbocycles. The third-order valence-electron chi connectivity index (χ3n) is 4.15. The van der Waals surface area contributed by atoms with Crippen LogP contribution in [0.4, 0.5) is 0 Å². The number of nitriles is 1. The Bertz CT molecular complexity index is 1070. The van der Waals surface area contributed by atoms with E-state index in [0.29, 0.717) is 5.69 Å². The summed E-state index contributed by atoms with van der Waals surface area (Å²) in [5.41, 5.74) is 6.63. The van der Waals surface area contributed by atoms with Crippen molar-refractivity contribution in [1.82, 2.24) is 14.4 Å². The quantitative estimate of drug-likeness (QED) is 0.556. The fraction of sp³-hybridized carbons (Fsp3) is 0.0500. The molecule has 0 fully saturated rings. The van der Waals surface area contributed by atoms with Crippen LogP contribution in [0.25, 0.3) is 28.0 Å². The van der Waals surface area contributed by atoms with Gasteiger partial charge in [-0.2, -0.15) is 5.26 Å². The smallest absolute Gasteiger partial charge is 0.157 e. The normalized spacial score (nSPS) is 10.7. The van der Waals surface area contributed by atoms with Crippen LogP contribution < -0.4 is 0 Å². The van der Waals surface area contributed by atoms with Gasteiger partial charge in [0.2, 0.25) is 0 Å². The number of aromatic nitrogens is 3. The molecule has 2 aromatic heterocycles. The summed E-state index contributed by atoms with van der Waals surface area (Å²) in [6, 6.07) is 18.6. The predicted molar refractivity (Wildman–Crippen MR) is 93.3 cm³/mol. The summed E-state index contributed by atoms with van der Waals surface area (Å²) in [4.78, 5) is 8.72. The number of rotatable bonds is 2. The van der Waals surface area contributed by atoms with Gasteiger partial charge >= 0.3 is 0 Å². The van der Waals surface area contributed by atoms with Gasteiger partial charge < -0.3 is 4.40 Å². The van der Waals surface area contributed by atoms with E-state index in [1.807, 2.05) is 34.9 Å². The maximum Gasteiger partial charge on any atom is 0.157 e. The van der Waals surface area contributed by atoms with Crippen LogP contribution in [0.1, 0.15) is 11.3 Å². The van der Waals surface area contributed by atoms with Gasteiger partial charge in [-0.05, 0) is 23.6 Å². The minimum Gasteiger partial charge on any atom is -0.302 e. The van der Waals surface area contributed by atoms with E-state index in [1.54, 1.807) is 12.4 Å². The number of nitrogens with zero attached hydrogens (tertiary/aromatic N) is 4. The monoisotopic (exact) mass is 310 g/mol. The first kappa shape index (κ1) is 14.2. The second-order valence-corrected chi connectivity index (χ2v) is 5.62. The Hall–Kier alpha value is -3.45. The molecule has 4 nitrogen and oxygen atoms in total. The van der Waals surface area contributed by atoms with Crippen molar-refractivity contribution in [2.45, 2.75) is 6.92 Å². The average Bonchev–Trinajstić information content (AvgIpc) is 3.05. The van der Waals surface area contributed by atoms with E-state index >= 15 is 0 Å². The van der Waals surface area contributed by atoms with Gasteiger partial charge in [0.05, 0.1) is 11.9 Å². The van der Waals surface area contributed by atoms with Gasteiger partial charge in [0.15, 0.2) is 11.3 Å². The van der Waals surface area contributed by atoms with E-state index in [-0.39, 0.29) is 0 Å². The lowest BCUT2D eigenvalue weighted by Gasteiger charge is -2.10. The van der Waals surface area contributed by atoms with Gasteiger partial charge in [-0.1, -0.05) is 48.5 Å². The Labute approximate surface area is 139 Å². The first-order valence-corrected chi connectivity index (χ1v) is 7.66. The Morgan fingerprint density at radius 3 is 2.54 bits per heavy atom. The molecule has 0 unspecified atom stereocenters. The summed E-state index contributed by atoms with van der Waals surface area (Å²) in [6.45, 7) is 2.11. The molecule has 0 radical (unpaired) electrons. The summed E-state index contributed by atoms with van der Waals surface area (Å²) < 4.78 is 1.84. The molecule has 0 spiro atoms. The molecule has 0 aliphatic heterocycles. The fourth-order valence-corrected chi connectivity index (χ4v) is 2.93. The number of hydrogen-bond acceptors (Lipinski definition) is 3. The van der Waals surface area contributed by atoms with Gasteiger partial charge in [0.1, 0.15) is 6.07 Å². The Balaban J connectivity index is 1.87. The van der Waals surface area contributed by atoms with Crippen LogP contribution in [0.15, 0.2) is 67.1 Å². The van der Waals surface area contributed by atoms with Gasteiger partial charge in [-0.3, -0.25) is 0 Å². The lowest BCUT2D eigenvalue weighted by molar-refractivity contribution is 1.10. The van der Waals surface area contributed by atoms with Crippen molar-refractivity contribution in [3.8, 4) is 28.5 Å². The zero-order valence-corrected chi connectivity index (χ0v) is 13.1. The molecule has 0 aliphatic rings. The molecule has 4 rings (SSSR count). The van der Waals surface area contributed by atoms with Gasteiger partial charge in [0.25, 0.3) is 0 Å². The van der Waals surface area contributed by atoms with Crippen LogP contribution in [0.2, 0.25) is 0 Å². The van der Waals surface area contributed by atoms with E-state index in [9.17, 15) is 0 Å². The average molecular weight is 310 g/mol. The topological polar surface area (TPSA) is 54.0 Å². The second kappa shape index (κ2) is 5.64. The molecular weight excluding hydrogens is 296 g/mol. The molecule has 0 amide bonds. The molecule has 4 aromatic rings. The standard InChI is InChI=1S/C20H14N4/c1-14-17(15-6-3-2-4-7-15)8-5-9-18(14)19-13-24-12-16(10-21)22-11-20(24)23-19/h2-9,11-13H,1H3. The van der Waals surface area contributed by atoms with Crippen LogP contribution in [0.3, 0.4) is 0 Å². The third kappa shape index (κ3) is 2.33. The highest BCUT2D eigenvalue weighted by Gasteiger charge is 2.11. The van der Waals surface area contributed by atoms with Crippen molar-refractivity contribution in [1.29, 1.82) is 5.26 Å². The van der Waals surface area contributed by atoms with E-state index < -0.39 is 0 Å². The Kier molecular flexibility index (Phi) is 3.33. The van der Waals surface area contributed by atoms with Crippen LogP contribution in [-0.4, -0.2) is 14.4 Å². The minimum absolute atomic E-state index is 0.376. The summed E-state index contributed by atoms with van der Waals surface area (Å²) in [5.74, 6) is 0. The van der Waals surface area contributed by atoms with Crippen molar-refractivity contribution in [3.63, 3.8) is 0 Å². The van der Waals surface area contributed by atoms with E-state index in [0.717, 1.165) is 16.9 Å². The molecule has 0 saturated carbocycles. The lowest BCUT2D eigenvalue weighted by atomic mass is 9.95. The molecule has 2 heterocycles. The summed E-state index contributed by atoms with van der Waals surface area (Å²) in [7, 11) is 0. The van der Waals surface area contributed by atoms with E-state index in [4.69, 9.17) is 5.26 Å². The highest BCUT2D eigenvalue weighted by atomic mass is 15.0. The molecular formula is C20H14N4. The SMILES string of the molecule is Cc1c(-c2ccccc2)cccc1-c1cn2cc(C#N)ncc2n1. The van der Waals surface area contributed by atoms with Gasteiger partial charge in [-0.25, -0.2) is 9.97 Å². The minimum atomic E-state index is 0.376. The summed E-state index contributed by atoms with van der Waals surface area (Å²) in [5, 5.41) is 8.98. The summed E-state index contributed by atoms with van der Waals surface area (Å²) in [6.07, 6.45) is 5.26. The van der Waals surface area contributed by atoms with Crippen LogP contribution in [-0.2, 0) is 0 Å². The number of benzene rings is 2. The first-order valence-electron chi connectivity index (χ1n) is 7.66. The van der Waals surface area contributed by atoms with Crippen LogP contribution >= 0.6 is 0 Å². The van der Waals surface area contributed by atoms with Crippen molar-refractivity contribution in [2.75, 3.05) is 0 Å². The zero-order valence-electron chi connectivity index (χ0n) is 13.1. The van der Waals surface area contributed by atoms with Crippen molar-refractivity contribution >= 4 is 5.65 Å². The van der Waals surface area contributed by atoms with E-state index in [1.165, 1.54) is 16.7 Å².